The lowest BCUT2D eigenvalue weighted by Crippen LogP contribution is -2.53. The molecule has 0 radical (unpaired) electrons. The number of sulfonamides is 1. The normalized spacial score (nSPS) is 27.5. The van der Waals surface area contributed by atoms with Gasteiger partial charge in [-0.25, -0.2) is 8.42 Å². The summed E-state index contributed by atoms with van der Waals surface area (Å²) in [6.45, 7) is 2.13. The van der Waals surface area contributed by atoms with Crippen LogP contribution in [0.25, 0.3) is 0 Å². The summed E-state index contributed by atoms with van der Waals surface area (Å²) < 4.78 is 32.6. The Morgan fingerprint density at radius 1 is 1.27 bits per heavy atom. The van der Waals surface area contributed by atoms with Gasteiger partial charge in [0.1, 0.15) is 0 Å². The van der Waals surface area contributed by atoms with Crippen LogP contribution in [0.3, 0.4) is 0 Å². The van der Waals surface area contributed by atoms with Crippen LogP contribution in [0.5, 0.6) is 0 Å². The first kappa shape index (κ1) is 17.7. The van der Waals surface area contributed by atoms with E-state index in [-0.39, 0.29) is 25.0 Å². The number of nitrogens with one attached hydrogen (secondary N) is 1. The largest absolute Gasteiger partial charge is 0.380 e. The molecule has 0 aliphatic carbocycles. The van der Waals surface area contributed by atoms with Gasteiger partial charge in [-0.3, -0.25) is 4.79 Å². The van der Waals surface area contributed by atoms with Crippen LogP contribution in [-0.2, 0) is 19.6 Å². The maximum atomic E-state index is 12.8. The highest BCUT2D eigenvalue weighted by Crippen LogP contribution is 2.26. The number of nitrogens with zero attached hydrogens (tertiary/aromatic N) is 1. The lowest BCUT2D eigenvalue weighted by atomic mass is 10.1. The molecule has 0 saturated carbocycles. The second-order valence-corrected chi connectivity index (χ2v) is 8.15. The van der Waals surface area contributed by atoms with Crippen molar-refractivity contribution < 1.29 is 17.9 Å². The van der Waals surface area contributed by atoms with Crippen molar-refractivity contribution in [3.63, 3.8) is 0 Å². The molecule has 3 N–H and O–H groups in total. The van der Waals surface area contributed by atoms with Crippen molar-refractivity contribution in [2.45, 2.75) is 49.8 Å². The number of hydrogen-bond donors (Lipinski definition) is 2. The summed E-state index contributed by atoms with van der Waals surface area (Å²) >= 11 is 0. The lowest BCUT2D eigenvalue weighted by molar-refractivity contribution is -0.121. The highest BCUT2D eigenvalue weighted by molar-refractivity contribution is 7.89. The lowest BCUT2D eigenvalue weighted by Gasteiger charge is -2.38. The van der Waals surface area contributed by atoms with Gasteiger partial charge in [0, 0.05) is 38.7 Å². The number of carbonyl (C=O) groups is 1. The molecule has 1 amide bonds. The quantitative estimate of drug-likeness (QED) is 0.702. The van der Waals surface area contributed by atoms with Crippen LogP contribution in [0.1, 0.15) is 38.5 Å². The Kier molecular flexibility index (Phi) is 6.61. The summed E-state index contributed by atoms with van der Waals surface area (Å²) in [6.07, 6.45) is 4.37. The van der Waals surface area contributed by atoms with E-state index in [1.54, 1.807) is 4.31 Å². The number of piperidine rings is 1. The van der Waals surface area contributed by atoms with Crippen molar-refractivity contribution in [1.82, 2.24) is 9.62 Å². The Bertz CT molecular complexity index is 463. The number of amides is 1. The van der Waals surface area contributed by atoms with E-state index in [0.29, 0.717) is 32.7 Å². The first-order valence-electron chi connectivity index (χ1n) is 8.11. The average molecular weight is 333 g/mol. The predicted octanol–water partition coefficient (Wildman–Crippen LogP) is -0.185. The first-order valence-corrected chi connectivity index (χ1v) is 9.61. The van der Waals surface area contributed by atoms with Crippen molar-refractivity contribution in [2.75, 3.05) is 32.8 Å². The highest BCUT2D eigenvalue weighted by atomic mass is 32.2. The third-order valence-electron chi connectivity index (χ3n) is 4.35. The molecule has 0 aromatic rings. The monoisotopic (exact) mass is 333 g/mol. The van der Waals surface area contributed by atoms with Crippen LogP contribution in [0.15, 0.2) is 0 Å². The summed E-state index contributed by atoms with van der Waals surface area (Å²) in [4.78, 5) is 11.6. The van der Waals surface area contributed by atoms with Gasteiger partial charge in [-0.05, 0) is 25.7 Å². The minimum absolute atomic E-state index is 0.119. The van der Waals surface area contributed by atoms with Crippen LogP contribution in [0.2, 0.25) is 0 Å². The van der Waals surface area contributed by atoms with E-state index in [0.717, 1.165) is 25.7 Å². The number of nitrogens with two attached hydrogens (primary N) is 1. The molecule has 2 aliphatic heterocycles. The van der Waals surface area contributed by atoms with Gasteiger partial charge >= 0.3 is 0 Å². The van der Waals surface area contributed by atoms with E-state index in [1.165, 1.54) is 0 Å². The predicted molar refractivity (Wildman–Crippen MR) is 83.8 cm³/mol. The fraction of sp³-hybridized carbons (Fsp3) is 0.929. The standard InChI is InChI=1S/C14H27N3O4S/c15-7-6-14(18)16-10-12-4-1-2-8-17(12)22(19,20)13-5-3-9-21-11-13/h12-13H,1-11,15H2,(H,16,18). The van der Waals surface area contributed by atoms with Crippen LogP contribution in [0.4, 0.5) is 0 Å². The molecule has 2 fully saturated rings. The van der Waals surface area contributed by atoms with Gasteiger partial charge in [-0.15, -0.1) is 0 Å². The smallest absolute Gasteiger partial charge is 0.221 e. The zero-order chi connectivity index (χ0) is 16.0. The van der Waals surface area contributed by atoms with Crippen LogP contribution >= 0.6 is 0 Å². The zero-order valence-electron chi connectivity index (χ0n) is 13.0. The number of carbonyl (C=O) groups excluding carboxylic acids is 1. The Morgan fingerprint density at radius 3 is 2.77 bits per heavy atom. The summed E-state index contributed by atoms with van der Waals surface area (Å²) in [6, 6.07) is -0.151. The first-order chi connectivity index (χ1) is 10.6. The third-order valence-corrected chi connectivity index (χ3v) is 6.69. The third kappa shape index (κ3) is 4.41. The van der Waals surface area contributed by atoms with Crippen LogP contribution < -0.4 is 11.1 Å². The van der Waals surface area contributed by atoms with Crippen molar-refractivity contribution >= 4 is 15.9 Å². The maximum absolute atomic E-state index is 12.8. The molecule has 2 saturated heterocycles. The zero-order valence-corrected chi connectivity index (χ0v) is 13.8. The molecule has 8 heteroatoms. The van der Waals surface area contributed by atoms with Crippen molar-refractivity contribution in [2.24, 2.45) is 5.73 Å². The van der Waals surface area contributed by atoms with Gasteiger partial charge in [0.15, 0.2) is 0 Å². The highest BCUT2D eigenvalue weighted by Gasteiger charge is 2.38. The molecule has 22 heavy (non-hydrogen) atoms. The van der Waals surface area contributed by atoms with Gasteiger partial charge in [0.05, 0.1) is 11.9 Å². The molecule has 128 valence electrons. The van der Waals surface area contributed by atoms with E-state index in [2.05, 4.69) is 5.32 Å². The van der Waals surface area contributed by atoms with Crippen LogP contribution in [-0.4, -0.2) is 62.8 Å². The molecular weight excluding hydrogens is 306 g/mol. The van der Waals surface area contributed by atoms with E-state index >= 15 is 0 Å². The van der Waals surface area contributed by atoms with E-state index in [4.69, 9.17) is 10.5 Å². The SMILES string of the molecule is NCCC(=O)NCC1CCCCN1S(=O)(=O)C1CCCOC1. The van der Waals surface area contributed by atoms with Crippen molar-refractivity contribution in [3.8, 4) is 0 Å². The maximum Gasteiger partial charge on any atom is 0.221 e. The molecular formula is C14H27N3O4S. The Hall–Kier alpha value is -0.700. The minimum atomic E-state index is -3.36. The summed E-state index contributed by atoms with van der Waals surface area (Å²) in [5.74, 6) is -0.119. The van der Waals surface area contributed by atoms with E-state index < -0.39 is 15.3 Å². The second-order valence-electron chi connectivity index (χ2n) is 5.99. The Labute approximate surface area is 132 Å². The molecule has 0 aromatic heterocycles. The molecule has 7 nitrogen and oxygen atoms in total. The van der Waals surface area contributed by atoms with Gasteiger partial charge in [0.2, 0.25) is 15.9 Å². The summed E-state index contributed by atoms with van der Waals surface area (Å²) in [5.41, 5.74) is 5.35. The minimum Gasteiger partial charge on any atom is -0.380 e. The van der Waals surface area contributed by atoms with Gasteiger partial charge < -0.3 is 15.8 Å². The Morgan fingerprint density at radius 2 is 2.09 bits per heavy atom. The number of rotatable bonds is 6. The fourth-order valence-electron chi connectivity index (χ4n) is 3.10. The van der Waals surface area contributed by atoms with E-state index in [1.807, 2.05) is 0 Å². The fourth-order valence-corrected chi connectivity index (χ4v) is 5.20. The Balaban J connectivity index is 2.00. The number of hydrogen-bond acceptors (Lipinski definition) is 5. The summed E-state index contributed by atoms with van der Waals surface area (Å²) in [5, 5.41) is 2.36. The molecule has 2 heterocycles. The van der Waals surface area contributed by atoms with E-state index in [9.17, 15) is 13.2 Å². The molecule has 0 bridgehead atoms. The molecule has 0 spiro atoms. The van der Waals surface area contributed by atoms with Crippen LogP contribution in [0, 0.1) is 0 Å². The molecule has 2 unspecified atom stereocenters. The average Bonchev–Trinajstić information content (AvgIpc) is 2.54. The molecule has 0 aromatic carbocycles. The topological polar surface area (TPSA) is 102 Å². The molecule has 2 atom stereocenters. The van der Waals surface area contributed by atoms with Gasteiger partial charge in [-0.2, -0.15) is 4.31 Å². The number of ether oxygens (including phenoxy) is 1. The molecule has 2 aliphatic rings. The summed E-state index contributed by atoms with van der Waals surface area (Å²) in [7, 11) is -3.36. The van der Waals surface area contributed by atoms with Crippen molar-refractivity contribution in [1.29, 1.82) is 0 Å². The van der Waals surface area contributed by atoms with Gasteiger partial charge in [0.25, 0.3) is 0 Å². The molecule has 2 rings (SSSR count). The van der Waals surface area contributed by atoms with Gasteiger partial charge in [-0.1, -0.05) is 6.42 Å². The second kappa shape index (κ2) is 8.24. The van der Waals surface area contributed by atoms with Crippen molar-refractivity contribution in [3.05, 3.63) is 0 Å².